The number of ether oxygens (including phenoxy) is 1. The lowest BCUT2D eigenvalue weighted by molar-refractivity contribution is -0.116. The molecule has 1 amide bonds. The number of carbonyl (C=O) groups excluding carboxylic acids is 1. The zero-order valence-electron chi connectivity index (χ0n) is 16.2. The summed E-state index contributed by atoms with van der Waals surface area (Å²) >= 11 is 3.40. The van der Waals surface area contributed by atoms with E-state index in [1.54, 1.807) is 0 Å². The molecule has 0 atom stereocenters. The molecule has 0 aliphatic carbocycles. The van der Waals surface area contributed by atoms with Gasteiger partial charge in [-0.25, -0.2) is 0 Å². The lowest BCUT2D eigenvalue weighted by Crippen LogP contribution is -2.23. The van der Waals surface area contributed by atoms with E-state index in [0.29, 0.717) is 6.54 Å². The van der Waals surface area contributed by atoms with Gasteiger partial charge in [0.15, 0.2) is 5.96 Å². The van der Waals surface area contributed by atoms with E-state index in [-0.39, 0.29) is 48.4 Å². The molecule has 0 radical (unpaired) electrons. The van der Waals surface area contributed by atoms with E-state index in [4.69, 9.17) is 10.5 Å². The molecule has 0 saturated heterocycles. The number of halogens is 2. The second-order valence-electron chi connectivity index (χ2n) is 6.34. The van der Waals surface area contributed by atoms with Crippen molar-refractivity contribution in [2.24, 2.45) is 10.7 Å². The summed E-state index contributed by atoms with van der Waals surface area (Å²) in [5.41, 5.74) is 8.47. The van der Waals surface area contributed by atoms with Gasteiger partial charge in [-0.1, -0.05) is 15.9 Å². The van der Waals surface area contributed by atoms with Gasteiger partial charge in [0.05, 0.1) is 12.6 Å². The zero-order chi connectivity index (χ0) is 19.8. The number of aryl methyl sites for hydroxylation is 1. The zero-order valence-corrected chi connectivity index (χ0v) is 20.1. The fraction of sp³-hybridized carbons (Fsp3) is 0.300. The Hall–Kier alpha value is -1.81. The fourth-order valence-electron chi connectivity index (χ4n) is 2.33. The van der Waals surface area contributed by atoms with Crippen molar-refractivity contribution in [1.82, 2.24) is 0 Å². The quantitative estimate of drug-likeness (QED) is 0.255. The maximum Gasteiger partial charge on any atom is 0.226 e. The van der Waals surface area contributed by atoms with Crippen molar-refractivity contribution in [1.29, 1.82) is 0 Å². The first-order chi connectivity index (χ1) is 12.8. The number of benzene rings is 2. The molecule has 28 heavy (non-hydrogen) atoms. The van der Waals surface area contributed by atoms with Crippen LogP contribution in [0.2, 0.25) is 0 Å². The van der Waals surface area contributed by atoms with Gasteiger partial charge in [-0.3, -0.25) is 9.79 Å². The molecular weight excluding hydrogens is 535 g/mol. The number of carbonyl (C=O) groups is 1. The first kappa shape index (κ1) is 24.2. The highest BCUT2D eigenvalue weighted by Crippen LogP contribution is 2.20. The van der Waals surface area contributed by atoms with E-state index in [9.17, 15) is 4.79 Å². The molecule has 2 aromatic rings. The Labute approximate surface area is 191 Å². The number of aliphatic imine (C=N–C) groups is 1. The third-order valence-corrected chi connectivity index (χ3v) is 4.08. The number of anilines is 2. The Bertz CT molecular complexity index is 810. The lowest BCUT2D eigenvalue weighted by atomic mass is 10.2. The van der Waals surface area contributed by atoms with Crippen LogP contribution in [0.4, 0.5) is 11.4 Å². The summed E-state index contributed by atoms with van der Waals surface area (Å²) in [6.45, 7) is 6.20. The van der Waals surface area contributed by atoms with E-state index in [1.165, 1.54) is 0 Å². The van der Waals surface area contributed by atoms with Gasteiger partial charge in [0.25, 0.3) is 0 Å². The van der Waals surface area contributed by atoms with E-state index in [2.05, 4.69) is 31.6 Å². The minimum Gasteiger partial charge on any atom is -0.491 e. The molecule has 0 aliphatic heterocycles. The third-order valence-electron chi connectivity index (χ3n) is 3.58. The normalized spacial score (nSPS) is 11.0. The minimum atomic E-state index is -0.104. The predicted molar refractivity (Wildman–Crippen MR) is 130 cm³/mol. The molecule has 6 nitrogen and oxygen atoms in total. The van der Waals surface area contributed by atoms with Crippen molar-refractivity contribution >= 4 is 63.1 Å². The molecule has 0 fully saturated rings. The van der Waals surface area contributed by atoms with Crippen molar-refractivity contribution in [3.05, 3.63) is 52.5 Å². The number of rotatable bonds is 7. The molecule has 2 rings (SSSR count). The molecule has 2 aromatic carbocycles. The number of guanidine groups is 1. The number of hydrogen-bond donors (Lipinski definition) is 3. The predicted octanol–water partition coefficient (Wildman–Crippen LogP) is 4.92. The van der Waals surface area contributed by atoms with Gasteiger partial charge in [0, 0.05) is 22.3 Å². The van der Waals surface area contributed by atoms with Crippen molar-refractivity contribution in [2.45, 2.75) is 33.3 Å². The van der Waals surface area contributed by atoms with Gasteiger partial charge >= 0.3 is 0 Å². The number of nitrogens with zero attached hydrogens (tertiary/aromatic N) is 1. The number of amides is 1. The van der Waals surface area contributed by atoms with Crippen LogP contribution >= 0.6 is 39.9 Å². The average Bonchev–Trinajstić information content (AvgIpc) is 2.59. The number of hydrogen-bond acceptors (Lipinski definition) is 3. The monoisotopic (exact) mass is 560 g/mol. The van der Waals surface area contributed by atoms with Crippen LogP contribution in [-0.2, 0) is 4.79 Å². The molecule has 0 spiro atoms. The van der Waals surface area contributed by atoms with Gasteiger partial charge < -0.3 is 21.1 Å². The Morgan fingerprint density at radius 3 is 2.46 bits per heavy atom. The van der Waals surface area contributed by atoms with Gasteiger partial charge in [0.2, 0.25) is 5.91 Å². The van der Waals surface area contributed by atoms with E-state index in [1.807, 2.05) is 63.2 Å². The van der Waals surface area contributed by atoms with Crippen LogP contribution in [0.15, 0.2) is 51.9 Å². The summed E-state index contributed by atoms with van der Waals surface area (Å²) in [4.78, 5) is 16.2. The lowest BCUT2D eigenvalue weighted by Gasteiger charge is -2.11. The second kappa shape index (κ2) is 11.9. The maximum absolute atomic E-state index is 12.0. The maximum atomic E-state index is 12.0. The smallest absolute Gasteiger partial charge is 0.226 e. The van der Waals surface area contributed by atoms with Gasteiger partial charge in [-0.2, -0.15) is 0 Å². The Kier molecular flexibility index (Phi) is 10.3. The average molecular weight is 561 g/mol. The first-order valence-corrected chi connectivity index (χ1v) is 9.52. The van der Waals surface area contributed by atoms with Crippen LogP contribution in [0, 0.1) is 6.92 Å². The van der Waals surface area contributed by atoms with Gasteiger partial charge in [0.1, 0.15) is 5.75 Å². The molecule has 4 N–H and O–H groups in total. The minimum absolute atomic E-state index is 0. The number of nitrogens with one attached hydrogen (secondary N) is 2. The van der Waals surface area contributed by atoms with Crippen LogP contribution in [0.25, 0.3) is 0 Å². The van der Waals surface area contributed by atoms with E-state index >= 15 is 0 Å². The third kappa shape index (κ3) is 8.47. The molecule has 0 bridgehead atoms. The molecule has 0 saturated carbocycles. The largest absolute Gasteiger partial charge is 0.491 e. The molecule has 0 unspecified atom stereocenters. The molecular formula is C20H26BrIN4O2. The SMILES string of the molecule is Cc1cc(Br)ccc1NC(=O)CCN=C(N)Nc1ccc(OC(C)C)cc1.I. The standard InChI is InChI=1S/C20H25BrN4O2.HI/c1-13(2)27-17-7-5-16(6-8-17)24-20(22)23-11-10-19(26)25-18-9-4-15(21)12-14(18)3;/h4-9,12-13H,10-11H2,1-3H3,(H,25,26)(H3,22,23,24);1H. The summed E-state index contributed by atoms with van der Waals surface area (Å²) in [5, 5.41) is 5.87. The van der Waals surface area contributed by atoms with Crippen LogP contribution in [-0.4, -0.2) is 24.5 Å². The van der Waals surface area contributed by atoms with Gasteiger partial charge in [-0.15, -0.1) is 24.0 Å². The summed E-state index contributed by atoms with van der Waals surface area (Å²) in [7, 11) is 0. The summed E-state index contributed by atoms with van der Waals surface area (Å²) < 4.78 is 6.57. The molecule has 152 valence electrons. The van der Waals surface area contributed by atoms with Crippen molar-refractivity contribution in [3.8, 4) is 5.75 Å². The van der Waals surface area contributed by atoms with Crippen LogP contribution in [0.3, 0.4) is 0 Å². The second-order valence-corrected chi connectivity index (χ2v) is 7.26. The molecule has 8 heteroatoms. The summed E-state index contributed by atoms with van der Waals surface area (Å²) in [6.07, 6.45) is 0.377. The highest BCUT2D eigenvalue weighted by Gasteiger charge is 2.05. The van der Waals surface area contributed by atoms with Crippen LogP contribution < -0.4 is 21.1 Å². The topological polar surface area (TPSA) is 88.7 Å². The number of nitrogens with two attached hydrogens (primary N) is 1. The molecule has 0 heterocycles. The van der Waals surface area contributed by atoms with Crippen LogP contribution in [0.1, 0.15) is 25.8 Å². The summed E-state index contributed by atoms with van der Waals surface area (Å²) in [5.74, 6) is 0.957. The highest BCUT2D eigenvalue weighted by atomic mass is 127. The van der Waals surface area contributed by atoms with E-state index < -0.39 is 0 Å². The van der Waals surface area contributed by atoms with Crippen LogP contribution in [0.5, 0.6) is 5.75 Å². The summed E-state index contributed by atoms with van der Waals surface area (Å²) in [6, 6.07) is 13.2. The molecule has 0 aromatic heterocycles. The van der Waals surface area contributed by atoms with Crippen molar-refractivity contribution in [3.63, 3.8) is 0 Å². The Morgan fingerprint density at radius 1 is 1.18 bits per heavy atom. The van der Waals surface area contributed by atoms with Gasteiger partial charge in [-0.05, 0) is 68.8 Å². The Balaban J connectivity index is 0.00000392. The van der Waals surface area contributed by atoms with Crippen molar-refractivity contribution in [2.75, 3.05) is 17.2 Å². The Morgan fingerprint density at radius 2 is 1.86 bits per heavy atom. The molecule has 0 aliphatic rings. The van der Waals surface area contributed by atoms with Crippen molar-refractivity contribution < 1.29 is 9.53 Å². The fourth-order valence-corrected chi connectivity index (χ4v) is 2.81. The van der Waals surface area contributed by atoms with E-state index in [0.717, 1.165) is 27.2 Å². The first-order valence-electron chi connectivity index (χ1n) is 8.73. The highest BCUT2D eigenvalue weighted by molar-refractivity contribution is 14.0.